The van der Waals surface area contributed by atoms with Crippen molar-refractivity contribution >= 4 is 28.3 Å². The third-order valence-corrected chi connectivity index (χ3v) is 3.63. The van der Waals surface area contributed by atoms with Crippen molar-refractivity contribution in [2.75, 3.05) is 5.32 Å². The molecule has 0 heterocycles. The SMILES string of the molecule is Cc1cc(F)ccc1CNc1ccc(I)cc1C. The van der Waals surface area contributed by atoms with Crippen LogP contribution in [0.5, 0.6) is 0 Å². The Morgan fingerprint density at radius 1 is 1.06 bits per heavy atom. The second-order valence-electron chi connectivity index (χ2n) is 4.38. The Hall–Kier alpha value is -1.10. The lowest BCUT2D eigenvalue weighted by Crippen LogP contribution is -2.03. The van der Waals surface area contributed by atoms with Crippen molar-refractivity contribution in [2.45, 2.75) is 20.4 Å². The lowest BCUT2D eigenvalue weighted by molar-refractivity contribution is 0.625. The molecule has 0 aliphatic carbocycles. The van der Waals surface area contributed by atoms with Crippen molar-refractivity contribution in [2.24, 2.45) is 0 Å². The van der Waals surface area contributed by atoms with E-state index in [0.29, 0.717) is 6.54 Å². The van der Waals surface area contributed by atoms with Crippen LogP contribution < -0.4 is 5.32 Å². The van der Waals surface area contributed by atoms with Crippen molar-refractivity contribution in [1.29, 1.82) is 0 Å². The Morgan fingerprint density at radius 3 is 2.50 bits per heavy atom. The number of hydrogen-bond donors (Lipinski definition) is 1. The highest BCUT2D eigenvalue weighted by Crippen LogP contribution is 2.19. The summed E-state index contributed by atoms with van der Waals surface area (Å²) in [5.41, 5.74) is 4.45. The maximum atomic E-state index is 13.0. The van der Waals surface area contributed by atoms with Crippen molar-refractivity contribution in [3.8, 4) is 0 Å². The molecule has 0 bridgehead atoms. The Labute approximate surface area is 121 Å². The summed E-state index contributed by atoms with van der Waals surface area (Å²) in [7, 11) is 0. The van der Waals surface area contributed by atoms with Gasteiger partial charge < -0.3 is 5.32 Å². The van der Waals surface area contributed by atoms with Gasteiger partial charge >= 0.3 is 0 Å². The van der Waals surface area contributed by atoms with E-state index in [0.717, 1.165) is 16.8 Å². The number of benzene rings is 2. The average Bonchev–Trinajstić information content (AvgIpc) is 2.30. The summed E-state index contributed by atoms with van der Waals surface area (Å²) in [4.78, 5) is 0. The highest BCUT2D eigenvalue weighted by Gasteiger charge is 2.02. The number of rotatable bonds is 3. The molecule has 0 atom stereocenters. The summed E-state index contributed by atoms with van der Waals surface area (Å²) in [6.45, 7) is 4.73. The van der Waals surface area contributed by atoms with Crippen molar-refractivity contribution < 1.29 is 4.39 Å². The van der Waals surface area contributed by atoms with Crippen LogP contribution in [0.2, 0.25) is 0 Å². The molecule has 2 aromatic carbocycles. The zero-order valence-corrected chi connectivity index (χ0v) is 12.6. The molecule has 0 radical (unpaired) electrons. The van der Waals surface area contributed by atoms with Crippen LogP contribution in [0.25, 0.3) is 0 Å². The monoisotopic (exact) mass is 355 g/mol. The van der Waals surface area contributed by atoms with Gasteiger partial charge in [0.2, 0.25) is 0 Å². The van der Waals surface area contributed by atoms with Crippen LogP contribution in [0, 0.1) is 23.2 Å². The predicted octanol–water partition coefficient (Wildman–Crippen LogP) is 4.66. The Morgan fingerprint density at radius 2 is 1.83 bits per heavy atom. The third-order valence-electron chi connectivity index (χ3n) is 2.96. The highest BCUT2D eigenvalue weighted by molar-refractivity contribution is 14.1. The van der Waals surface area contributed by atoms with E-state index in [1.165, 1.54) is 15.2 Å². The molecule has 18 heavy (non-hydrogen) atoms. The van der Waals surface area contributed by atoms with Gasteiger partial charge in [0.25, 0.3) is 0 Å². The largest absolute Gasteiger partial charge is 0.381 e. The van der Waals surface area contributed by atoms with Gasteiger partial charge in [0.05, 0.1) is 0 Å². The lowest BCUT2D eigenvalue weighted by Gasteiger charge is -2.11. The molecule has 0 aliphatic rings. The van der Waals surface area contributed by atoms with Crippen LogP contribution in [0.4, 0.5) is 10.1 Å². The van der Waals surface area contributed by atoms with Crippen LogP contribution in [-0.4, -0.2) is 0 Å². The molecule has 0 aromatic heterocycles. The summed E-state index contributed by atoms with van der Waals surface area (Å²) in [6.07, 6.45) is 0. The lowest BCUT2D eigenvalue weighted by atomic mass is 10.1. The van der Waals surface area contributed by atoms with Gasteiger partial charge in [-0.15, -0.1) is 0 Å². The van der Waals surface area contributed by atoms with Crippen LogP contribution in [-0.2, 0) is 6.54 Å². The molecular weight excluding hydrogens is 340 g/mol. The standard InChI is InChI=1S/C15H15FIN/c1-10-7-13(16)4-3-12(10)9-18-15-6-5-14(17)8-11(15)2/h3-8,18H,9H2,1-2H3. The molecule has 2 aromatic rings. The van der Waals surface area contributed by atoms with Crippen molar-refractivity contribution in [3.05, 3.63) is 62.5 Å². The molecule has 0 fully saturated rings. The van der Waals surface area contributed by atoms with Gasteiger partial charge in [-0.2, -0.15) is 0 Å². The summed E-state index contributed by atoms with van der Waals surface area (Å²) >= 11 is 2.30. The zero-order chi connectivity index (χ0) is 13.1. The first kappa shape index (κ1) is 13.3. The van der Waals surface area contributed by atoms with Crippen LogP contribution in [0.15, 0.2) is 36.4 Å². The fourth-order valence-electron chi connectivity index (χ4n) is 1.87. The van der Waals surface area contributed by atoms with Crippen LogP contribution in [0.3, 0.4) is 0 Å². The van der Waals surface area contributed by atoms with E-state index in [1.807, 2.05) is 13.0 Å². The summed E-state index contributed by atoms with van der Waals surface area (Å²) in [6, 6.07) is 11.2. The molecule has 3 heteroatoms. The Kier molecular flexibility index (Phi) is 4.22. The minimum Gasteiger partial charge on any atom is -0.381 e. The van der Waals surface area contributed by atoms with Gasteiger partial charge in [0.1, 0.15) is 5.82 Å². The molecule has 1 N–H and O–H groups in total. The topological polar surface area (TPSA) is 12.0 Å². The van der Waals surface area contributed by atoms with E-state index in [1.54, 1.807) is 6.07 Å². The van der Waals surface area contributed by atoms with Crippen LogP contribution >= 0.6 is 22.6 Å². The fourth-order valence-corrected chi connectivity index (χ4v) is 2.52. The molecule has 94 valence electrons. The minimum atomic E-state index is -0.179. The minimum absolute atomic E-state index is 0.179. The van der Waals surface area contributed by atoms with E-state index in [2.05, 4.69) is 53.0 Å². The van der Waals surface area contributed by atoms with Gasteiger partial charge in [0, 0.05) is 15.8 Å². The van der Waals surface area contributed by atoms with E-state index in [4.69, 9.17) is 0 Å². The number of nitrogens with one attached hydrogen (secondary N) is 1. The summed E-state index contributed by atoms with van der Waals surface area (Å²) < 4.78 is 14.2. The first-order chi connectivity index (χ1) is 8.56. The first-order valence-corrected chi connectivity index (χ1v) is 6.89. The predicted molar refractivity (Wildman–Crippen MR) is 82.4 cm³/mol. The molecule has 0 saturated heterocycles. The molecule has 2 rings (SSSR count). The van der Waals surface area contributed by atoms with Crippen LogP contribution in [0.1, 0.15) is 16.7 Å². The number of halogens is 2. The Bertz CT molecular complexity index is 515. The maximum Gasteiger partial charge on any atom is 0.123 e. The second-order valence-corrected chi connectivity index (χ2v) is 5.63. The number of anilines is 1. The molecule has 0 aliphatic heterocycles. The molecule has 0 unspecified atom stereocenters. The van der Waals surface area contributed by atoms with E-state index in [-0.39, 0.29) is 5.82 Å². The molecule has 0 saturated carbocycles. The maximum absolute atomic E-state index is 13.0. The van der Waals surface area contributed by atoms with E-state index >= 15 is 0 Å². The number of hydrogen-bond acceptors (Lipinski definition) is 1. The third kappa shape index (κ3) is 3.22. The smallest absolute Gasteiger partial charge is 0.123 e. The van der Waals surface area contributed by atoms with Crippen molar-refractivity contribution in [1.82, 2.24) is 0 Å². The van der Waals surface area contributed by atoms with Gasteiger partial charge in [-0.3, -0.25) is 0 Å². The van der Waals surface area contributed by atoms with Crippen molar-refractivity contribution in [3.63, 3.8) is 0 Å². The zero-order valence-electron chi connectivity index (χ0n) is 10.4. The quantitative estimate of drug-likeness (QED) is 0.790. The fraction of sp³-hybridized carbons (Fsp3) is 0.200. The summed E-state index contributed by atoms with van der Waals surface area (Å²) in [5, 5.41) is 3.39. The first-order valence-electron chi connectivity index (χ1n) is 5.81. The molecule has 0 amide bonds. The highest BCUT2D eigenvalue weighted by atomic mass is 127. The van der Waals surface area contributed by atoms with Gasteiger partial charge in [0.15, 0.2) is 0 Å². The molecule has 0 spiro atoms. The molecular formula is C15H15FIN. The van der Waals surface area contributed by atoms with Gasteiger partial charge in [-0.05, 0) is 83.5 Å². The second kappa shape index (κ2) is 5.69. The van der Waals surface area contributed by atoms with E-state index < -0.39 is 0 Å². The summed E-state index contributed by atoms with van der Waals surface area (Å²) in [5.74, 6) is -0.179. The number of aryl methyl sites for hydroxylation is 2. The van der Waals surface area contributed by atoms with E-state index in [9.17, 15) is 4.39 Å². The normalized spacial score (nSPS) is 10.4. The average molecular weight is 355 g/mol. The Balaban J connectivity index is 2.11. The molecule has 1 nitrogen and oxygen atoms in total. The van der Waals surface area contributed by atoms with Gasteiger partial charge in [-0.25, -0.2) is 4.39 Å². The van der Waals surface area contributed by atoms with Gasteiger partial charge in [-0.1, -0.05) is 6.07 Å².